The molecule has 2 N–H and O–H groups in total. The first-order valence-electron chi connectivity index (χ1n) is 8.99. The molecule has 0 fully saturated rings. The first kappa shape index (κ1) is 20.4. The number of rotatable bonds is 12. The van der Waals surface area contributed by atoms with Gasteiger partial charge in [-0.1, -0.05) is 56.6 Å². The minimum absolute atomic E-state index is 0.0938. The van der Waals surface area contributed by atoms with Crippen molar-refractivity contribution in [3.05, 3.63) is 36.5 Å². The number of carbonyl (C=O) groups excluding carboxylic acids is 1. The second kappa shape index (κ2) is 11.8. The lowest BCUT2D eigenvalue weighted by atomic mass is 9.90. The van der Waals surface area contributed by atoms with Crippen LogP contribution in [0.4, 0.5) is 0 Å². The molecule has 0 aromatic heterocycles. The number of aliphatic hydroxyl groups excluding tert-OH is 1. The molecule has 4 nitrogen and oxygen atoms in total. The molecule has 0 spiro atoms. The van der Waals surface area contributed by atoms with Crippen LogP contribution in [0.25, 0.3) is 0 Å². The topological polar surface area (TPSA) is 74.6 Å². The van der Waals surface area contributed by atoms with Gasteiger partial charge < -0.3 is 10.2 Å². The van der Waals surface area contributed by atoms with Crippen LogP contribution in [-0.4, -0.2) is 28.1 Å². The summed E-state index contributed by atoms with van der Waals surface area (Å²) in [6, 6.07) is 0. The summed E-state index contributed by atoms with van der Waals surface area (Å²) in [4.78, 5) is 22.4. The fourth-order valence-corrected chi connectivity index (χ4v) is 2.81. The van der Waals surface area contributed by atoms with Crippen LogP contribution in [0.3, 0.4) is 0 Å². The van der Waals surface area contributed by atoms with Crippen molar-refractivity contribution in [2.75, 3.05) is 0 Å². The molecule has 1 rings (SSSR count). The minimum atomic E-state index is -0.768. The van der Waals surface area contributed by atoms with E-state index in [1.54, 1.807) is 12.2 Å². The van der Waals surface area contributed by atoms with E-state index in [1.165, 1.54) is 0 Å². The average molecular weight is 334 g/mol. The van der Waals surface area contributed by atoms with Gasteiger partial charge in [0, 0.05) is 12.3 Å². The number of ketones is 1. The first-order chi connectivity index (χ1) is 11.5. The zero-order chi connectivity index (χ0) is 17.8. The first-order valence-corrected chi connectivity index (χ1v) is 8.99. The second-order valence-electron chi connectivity index (χ2n) is 6.39. The number of aliphatic hydroxyl groups is 1. The van der Waals surface area contributed by atoms with Crippen molar-refractivity contribution in [2.45, 2.75) is 64.4 Å². The SMILES string of the molecule is CCCCC[C@H](O)/C=C/C1C(=O)C=C[C@@H]1C/C=C\CCCC(=O)O. The third-order valence-corrected chi connectivity index (χ3v) is 4.28. The lowest BCUT2D eigenvalue weighted by molar-refractivity contribution is -0.137. The summed E-state index contributed by atoms with van der Waals surface area (Å²) in [5.74, 6) is -0.728. The van der Waals surface area contributed by atoms with E-state index in [0.717, 1.165) is 38.5 Å². The fraction of sp³-hybridized carbons (Fsp3) is 0.600. The zero-order valence-electron chi connectivity index (χ0n) is 14.6. The Balaban J connectivity index is 2.38. The van der Waals surface area contributed by atoms with E-state index in [0.29, 0.717) is 6.42 Å². The van der Waals surface area contributed by atoms with Gasteiger partial charge >= 0.3 is 5.97 Å². The maximum absolute atomic E-state index is 12.0. The summed E-state index contributed by atoms with van der Waals surface area (Å²) < 4.78 is 0. The van der Waals surface area contributed by atoms with E-state index < -0.39 is 12.1 Å². The average Bonchev–Trinajstić information content (AvgIpc) is 2.89. The van der Waals surface area contributed by atoms with Crippen LogP contribution < -0.4 is 0 Å². The third kappa shape index (κ3) is 8.25. The van der Waals surface area contributed by atoms with Gasteiger partial charge in [-0.2, -0.15) is 0 Å². The summed E-state index contributed by atoms with van der Waals surface area (Å²) >= 11 is 0. The van der Waals surface area contributed by atoms with E-state index in [1.807, 2.05) is 24.3 Å². The molecule has 3 atom stereocenters. The number of hydrogen-bond donors (Lipinski definition) is 2. The molecule has 4 heteroatoms. The second-order valence-corrected chi connectivity index (χ2v) is 6.39. The lowest BCUT2D eigenvalue weighted by Gasteiger charge is -2.13. The van der Waals surface area contributed by atoms with Crippen molar-refractivity contribution < 1.29 is 19.8 Å². The molecule has 0 saturated heterocycles. The van der Waals surface area contributed by atoms with Crippen molar-refractivity contribution in [1.82, 2.24) is 0 Å². The molecule has 1 aliphatic carbocycles. The minimum Gasteiger partial charge on any atom is -0.481 e. The molecule has 0 aromatic rings. The highest BCUT2D eigenvalue weighted by molar-refractivity contribution is 5.95. The van der Waals surface area contributed by atoms with Gasteiger partial charge in [0.15, 0.2) is 5.78 Å². The number of hydrogen-bond acceptors (Lipinski definition) is 3. The van der Waals surface area contributed by atoms with Gasteiger partial charge in [-0.25, -0.2) is 0 Å². The summed E-state index contributed by atoms with van der Waals surface area (Å²) in [7, 11) is 0. The normalized spacial score (nSPS) is 22.0. The lowest BCUT2D eigenvalue weighted by Crippen LogP contribution is -2.14. The Hall–Kier alpha value is -1.68. The van der Waals surface area contributed by atoms with Gasteiger partial charge in [0.05, 0.1) is 6.10 Å². The Morgan fingerprint density at radius 3 is 2.79 bits per heavy atom. The van der Waals surface area contributed by atoms with Crippen LogP contribution in [0, 0.1) is 11.8 Å². The number of aliphatic carboxylic acids is 1. The van der Waals surface area contributed by atoms with E-state index in [-0.39, 0.29) is 24.0 Å². The van der Waals surface area contributed by atoms with E-state index >= 15 is 0 Å². The molecule has 134 valence electrons. The predicted molar refractivity (Wildman–Crippen MR) is 95.7 cm³/mol. The molecule has 0 aromatic carbocycles. The van der Waals surface area contributed by atoms with E-state index in [4.69, 9.17) is 5.11 Å². The molecule has 0 saturated carbocycles. The predicted octanol–water partition coefficient (Wildman–Crippen LogP) is 4.06. The number of carboxylic acid groups (broad SMARTS) is 1. The molecular weight excluding hydrogens is 304 g/mol. The van der Waals surface area contributed by atoms with Crippen LogP contribution in [0.2, 0.25) is 0 Å². The van der Waals surface area contributed by atoms with Crippen LogP contribution in [0.5, 0.6) is 0 Å². The largest absolute Gasteiger partial charge is 0.481 e. The zero-order valence-corrected chi connectivity index (χ0v) is 14.6. The monoisotopic (exact) mass is 334 g/mol. The van der Waals surface area contributed by atoms with Gasteiger partial charge in [0.1, 0.15) is 0 Å². The fourth-order valence-electron chi connectivity index (χ4n) is 2.81. The highest BCUT2D eigenvalue weighted by Gasteiger charge is 2.26. The van der Waals surface area contributed by atoms with Gasteiger partial charge in [-0.3, -0.25) is 9.59 Å². The van der Waals surface area contributed by atoms with E-state index in [9.17, 15) is 14.7 Å². The van der Waals surface area contributed by atoms with Gasteiger partial charge in [-0.15, -0.1) is 0 Å². The maximum atomic E-state index is 12.0. The highest BCUT2D eigenvalue weighted by atomic mass is 16.4. The standard InChI is InChI=1S/C20H30O4/c1-2-3-6-10-17(21)13-14-18-16(12-15-19(18)22)9-7-4-5-8-11-20(23)24/h4,7,12-18,21H,2-3,5-6,8-11H2,1H3,(H,23,24)/b7-4-,14-13+/t16-,17-,18?/m0/s1. The number of unbranched alkanes of at least 4 members (excludes halogenated alkanes) is 3. The molecule has 1 unspecified atom stereocenters. The maximum Gasteiger partial charge on any atom is 0.303 e. The van der Waals surface area contributed by atoms with Crippen LogP contribution in [0.1, 0.15) is 58.3 Å². The van der Waals surface area contributed by atoms with Crippen molar-refractivity contribution in [3.8, 4) is 0 Å². The molecule has 0 aliphatic heterocycles. The Labute approximate surface area is 145 Å². The molecular formula is C20H30O4. The van der Waals surface area contributed by atoms with Gasteiger partial charge in [0.2, 0.25) is 0 Å². The van der Waals surface area contributed by atoms with Crippen molar-refractivity contribution >= 4 is 11.8 Å². The van der Waals surface area contributed by atoms with Crippen LogP contribution >= 0.6 is 0 Å². The molecule has 0 heterocycles. The summed E-state index contributed by atoms with van der Waals surface area (Å²) in [6.45, 7) is 2.13. The summed E-state index contributed by atoms with van der Waals surface area (Å²) in [6.07, 6.45) is 17.0. The third-order valence-electron chi connectivity index (χ3n) is 4.28. The Bertz CT molecular complexity index is 476. The molecule has 1 aliphatic rings. The summed E-state index contributed by atoms with van der Waals surface area (Å²) in [5, 5.41) is 18.5. The molecule has 24 heavy (non-hydrogen) atoms. The number of allylic oxidation sites excluding steroid dienone is 5. The smallest absolute Gasteiger partial charge is 0.303 e. The highest BCUT2D eigenvalue weighted by Crippen LogP contribution is 2.27. The van der Waals surface area contributed by atoms with Crippen molar-refractivity contribution in [1.29, 1.82) is 0 Å². The molecule has 0 radical (unpaired) electrons. The van der Waals surface area contributed by atoms with Crippen molar-refractivity contribution in [3.63, 3.8) is 0 Å². The van der Waals surface area contributed by atoms with Crippen LogP contribution in [0.15, 0.2) is 36.5 Å². The summed E-state index contributed by atoms with van der Waals surface area (Å²) in [5.41, 5.74) is 0. The number of carboxylic acids is 1. The van der Waals surface area contributed by atoms with Gasteiger partial charge in [0.25, 0.3) is 0 Å². The molecule has 0 bridgehead atoms. The molecule has 0 amide bonds. The van der Waals surface area contributed by atoms with Gasteiger partial charge in [-0.05, 0) is 37.7 Å². The Morgan fingerprint density at radius 2 is 2.08 bits per heavy atom. The van der Waals surface area contributed by atoms with Crippen molar-refractivity contribution in [2.24, 2.45) is 11.8 Å². The Kier molecular flexibility index (Phi) is 10.0. The number of carbonyl (C=O) groups is 2. The van der Waals surface area contributed by atoms with E-state index in [2.05, 4.69) is 6.92 Å². The Morgan fingerprint density at radius 1 is 1.29 bits per heavy atom. The quantitative estimate of drug-likeness (QED) is 0.417. The van der Waals surface area contributed by atoms with Crippen LogP contribution in [-0.2, 0) is 9.59 Å².